The molecule has 13 heavy (non-hydrogen) atoms. The lowest BCUT2D eigenvalue weighted by atomic mass is 10.0. The minimum Gasteiger partial charge on any atom is -0.378 e. The van der Waals surface area contributed by atoms with E-state index >= 15 is 0 Å². The lowest BCUT2D eigenvalue weighted by Crippen LogP contribution is -2.30. The van der Waals surface area contributed by atoms with Gasteiger partial charge in [-0.1, -0.05) is 0 Å². The summed E-state index contributed by atoms with van der Waals surface area (Å²) in [5.74, 6) is 0. The van der Waals surface area contributed by atoms with Crippen LogP contribution in [0.25, 0.3) is 0 Å². The van der Waals surface area contributed by atoms with E-state index in [-0.39, 0.29) is 11.2 Å². The molecule has 1 N–H and O–H groups in total. The van der Waals surface area contributed by atoms with E-state index in [4.69, 9.17) is 4.74 Å². The minimum absolute atomic E-state index is 0.146. The van der Waals surface area contributed by atoms with Crippen LogP contribution in [0.4, 0.5) is 0 Å². The topological polar surface area (TPSA) is 55.0 Å². The zero-order chi connectivity index (χ0) is 9.90. The molecule has 0 spiro atoms. The Morgan fingerprint density at radius 2 is 2.31 bits per heavy atom. The fourth-order valence-corrected chi connectivity index (χ4v) is 0.983. The second-order valence-electron chi connectivity index (χ2n) is 3.51. The molecule has 1 heterocycles. The van der Waals surface area contributed by atoms with Crippen molar-refractivity contribution in [3.8, 4) is 0 Å². The van der Waals surface area contributed by atoms with Crippen molar-refractivity contribution in [1.29, 1.82) is 0 Å². The third kappa shape index (κ3) is 2.66. The van der Waals surface area contributed by atoms with Gasteiger partial charge in [0.05, 0.1) is 5.60 Å². The first-order valence-electron chi connectivity index (χ1n) is 4.13. The lowest BCUT2D eigenvalue weighted by Gasteiger charge is -2.21. The lowest BCUT2D eigenvalue weighted by molar-refractivity contribution is 0.0221. The molecule has 4 nitrogen and oxygen atoms in total. The van der Waals surface area contributed by atoms with Crippen molar-refractivity contribution in [3.05, 3.63) is 28.4 Å². The molecule has 1 aromatic rings. The molecule has 0 bridgehead atoms. The maximum Gasteiger partial charge on any atom is 0.269 e. The van der Waals surface area contributed by atoms with Crippen LogP contribution in [0.15, 0.2) is 17.2 Å². The molecule has 0 aliphatic carbocycles. The molecule has 0 saturated carbocycles. The molecule has 0 aliphatic heterocycles. The highest BCUT2D eigenvalue weighted by molar-refractivity contribution is 4.99. The largest absolute Gasteiger partial charge is 0.378 e. The van der Waals surface area contributed by atoms with E-state index in [0.29, 0.717) is 12.1 Å². The highest BCUT2D eigenvalue weighted by Gasteiger charge is 2.19. The van der Waals surface area contributed by atoms with Gasteiger partial charge >= 0.3 is 0 Å². The number of rotatable bonds is 3. The van der Waals surface area contributed by atoms with Crippen LogP contribution in [0.1, 0.15) is 19.5 Å². The Morgan fingerprint density at radius 3 is 2.85 bits per heavy atom. The quantitative estimate of drug-likeness (QED) is 0.750. The summed E-state index contributed by atoms with van der Waals surface area (Å²) in [6, 6.07) is 0. The van der Waals surface area contributed by atoms with Crippen LogP contribution in [0.3, 0.4) is 0 Å². The van der Waals surface area contributed by atoms with Crippen LogP contribution in [-0.4, -0.2) is 22.7 Å². The molecule has 1 aromatic heterocycles. The Labute approximate surface area is 77.0 Å². The predicted molar refractivity (Wildman–Crippen MR) is 49.6 cm³/mol. The van der Waals surface area contributed by atoms with E-state index in [9.17, 15) is 4.79 Å². The third-order valence-corrected chi connectivity index (χ3v) is 1.93. The molecular weight excluding hydrogens is 168 g/mol. The number of methoxy groups -OCH3 is 1. The normalized spacial score (nSPS) is 11.6. The van der Waals surface area contributed by atoms with E-state index < -0.39 is 0 Å². The van der Waals surface area contributed by atoms with E-state index in [1.54, 1.807) is 13.3 Å². The number of H-pyrrole nitrogens is 1. The molecule has 0 saturated heterocycles. The van der Waals surface area contributed by atoms with Gasteiger partial charge in [-0.3, -0.25) is 9.78 Å². The van der Waals surface area contributed by atoms with Crippen molar-refractivity contribution in [2.24, 2.45) is 0 Å². The smallest absolute Gasteiger partial charge is 0.269 e. The highest BCUT2D eigenvalue weighted by atomic mass is 16.5. The minimum atomic E-state index is -0.346. The average Bonchev–Trinajstić information content (AvgIpc) is 2.09. The second-order valence-corrected chi connectivity index (χ2v) is 3.51. The fraction of sp³-hybridized carbons (Fsp3) is 0.556. The number of nitrogens with one attached hydrogen (secondary N) is 1. The van der Waals surface area contributed by atoms with Crippen molar-refractivity contribution in [2.45, 2.75) is 25.9 Å². The van der Waals surface area contributed by atoms with Crippen molar-refractivity contribution in [3.63, 3.8) is 0 Å². The summed E-state index contributed by atoms with van der Waals surface area (Å²) in [5.41, 5.74) is 0.0171. The third-order valence-electron chi connectivity index (χ3n) is 1.93. The molecular formula is C9H14N2O2. The van der Waals surface area contributed by atoms with E-state index in [1.165, 1.54) is 6.20 Å². The van der Waals surface area contributed by atoms with Crippen LogP contribution >= 0.6 is 0 Å². The van der Waals surface area contributed by atoms with Gasteiger partial charge in [0.1, 0.15) is 5.69 Å². The molecule has 0 fully saturated rings. The first-order chi connectivity index (χ1) is 6.05. The Morgan fingerprint density at radius 1 is 1.62 bits per heavy atom. The standard InChI is InChI=1S/C9H14N2O2/c1-9(2,13-3)6-7-8(12)11-5-4-10-7/h4-5H,6H2,1-3H3,(H,11,12). The first kappa shape index (κ1) is 9.92. The Kier molecular flexibility index (Phi) is 2.83. The number of hydrogen-bond acceptors (Lipinski definition) is 3. The van der Waals surface area contributed by atoms with Crippen molar-refractivity contribution >= 4 is 0 Å². The summed E-state index contributed by atoms with van der Waals surface area (Å²) in [5, 5.41) is 0. The van der Waals surface area contributed by atoms with Crippen LogP contribution in [0.2, 0.25) is 0 Å². The zero-order valence-electron chi connectivity index (χ0n) is 8.13. The number of hydrogen-bond donors (Lipinski definition) is 1. The molecule has 72 valence electrons. The number of nitrogens with zero attached hydrogens (tertiary/aromatic N) is 1. The Hall–Kier alpha value is -1.16. The SMILES string of the molecule is COC(C)(C)Cc1ncc[nH]c1=O. The molecule has 4 heteroatoms. The molecule has 0 unspecified atom stereocenters. The predicted octanol–water partition coefficient (Wildman–Crippen LogP) is 0.737. The highest BCUT2D eigenvalue weighted by Crippen LogP contribution is 2.11. The van der Waals surface area contributed by atoms with E-state index in [1.807, 2.05) is 13.8 Å². The van der Waals surface area contributed by atoms with Crippen molar-refractivity contribution < 1.29 is 4.74 Å². The number of aromatic nitrogens is 2. The number of aromatic amines is 1. The summed E-state index contributed by atoms with van der Waals surface area (Å²) in [7, 11) is 1.62. The van der Waals surface area contributed by atoms with Crippen molar-refractivity contribution in [1.82, 2.24) is 9.97 Å². The molecule has 1 rings (SSSR count). The zero-order valence-corrected chi connectivity index (χ0v) is 8.13. The summed E-state index contributed by atoms with van der Waals surface area (Å²) in [6.45, 7) is 3.84. The molecule has 0 atom stereocenters. The van der Waals surface area contributed by atoms with E-state index in [2.05, 4.69) is 9.97 Å². The van der Waals surface area contributed by atoms with Gasteiger partial charge in [-0.2, -0.15) is 0 Å². The number of ether oxygens (including phenoxy) is 1. The van der Waals surface area contributed by atoms with Crippen LogP contribution in [0.5, 0.6) is 0 Å². The summed E-state index contributed by atoms with van der Waals surface area (Å²) >= 11 is 0. The molecule has 0 amide bonds. The van der Waals surface area contributed by atoms with Crippen LogP contribution < -0.4 is 5.56 Å². The van der Waals surface area contributed by atoms with Crippen LogP contribution in [-0.2, 0) is 11.2 Å². The van der Waals surface area contributed by atoms with E-state index in [0.717, 1.165) is 0 Å². The maximum atomic E-state index is 11.2. The maximum absolute atomic E-state index is 11.2. The Bertz CT molecular complexity index is 330. The fourth-order valence-electron chi connectivity index (χ4n) is 0.983. The van der Waals surface area contributed by atoms with Gasteiger partial charge in [0.25, 0.3) is 5.56 Å². The van der Waals surface area contributed by atoms with Gasteiger partial charge in [-0.05, 0) is 13.8 Å². The molecule has 0 radical (unpaired) electrons. The summed E-state index contributed by atoms with van der Waals surface area (Å²) in [6.07, 6.45) is 3.60. The van der Waals surface area contributed by atoms with Gasteiger partial charge in [-0.25, -0.2) is 0 Å². The van der Waals surface area contributed by atoms with Gasteiger partial charge in [0, 0.05) is 25.9 Å². The summed E-state index contributed by atoms with van der Waals surface area (Å²) < 4.78 is 5.20. The van der Waals surface area contributed by atoms with Crippen molar-refractivity contribution in [2.75, 3.05) is 7.11 Å². The summed E-state index contributed by atoms with van der Waals surface area (Å²) in [4.78, 5) is 17.8. The van der Waals surface area contributed by atoms with Crippen LogP contribution in [0, 0.1) is 0 Å². The van der Waals surface area contributed by atoms with Gasteiger partial charge in [-0.15, -0.1) is 0 Å². The van der Waals surface area contributed by atoms with Gasteiger partial charge in [0.2, 0.25) is 0 Å². The second kappa shape index (κ2) is 3.70. The average molecular weight is 182 g/mol. The molecule has 0 aliphatic rings. The van der Waals surface area contributed by atoms with Gasteiger partial charge in [0.15, 0.2) is 0 Å². The molecule has 0 aromatic carbocycles. The first-order valence-corrected chi connectivity index (χ1v) is 4.13. The van der Waals surface area contributed by atoms with Gasteiger partial charge < -0.3 is 9.72 Å². The Balaban J connectivity index is 2.87. The monoisotopic (exact) mass is 182 g/mol.